The lowest BCUT2D eigenvalue weighted by molar-refractivity contribution is 0.0595. The molecule has 202 valence electrons. The molecule has 0 atom stereocenters. The number of aromatic hydroxyl groups is 4. The van der Waals surface area contributed by atoms with Crippen LogP contribution in [-0.4, -0.2) is 56.8 Å². The summed E-state index contributed by atoms with van der Waals surface area (Å²) in [7, 11) is 1.08. The molecule has 1 aliphatic heterocycles. The number of carboxylic acid groups (broad SMARTS) is 1. The van der Waals surface area contributed by atoms with E-state index in [2.05, 4.69) is 0 Å². The van der Waals surface area contributed by atoms with Crippen molar-refractivity contribution in [2.24, 2.45) is 0 Å². The van der Waals surface area contributed by atoms with Gasteiger partial charge in [0.2, 0.25) is 0 Å². The number of phenols is 4. The Morgan fingerprint density at radius 2 is 1.54 bits per heavy atom. The lowest BCUT2D eigenvalue weighted by atomic mass is 9.91. The average molecular weight is 538 g/mol. The number of hydrogen-bond acceptors (Lipinski definition) is 11. The molecule has 0 bridgehead atoms. The van der Waals surface area contributed by atoms with Crippen LogP contribution in [0.1, 0.15) is 69.2 Å². The van der Waals surface area contributed by atoms with Crippen LogP contribution in [0.2, 0.25) is 0 Å². The summed E-state index contributed by atoms with van der Waals surface area (Å²) in [6.07, 6.45) is -0.250. The maximum absolute atomic E-state index is 13.1. The molecule has 0 saturated heterocycles. The normalized spacial score (nSPS) is 11.9. The summed E-state index contributed by atoms with van der Waals surface area (Å²) in [6, 6.07) is 2.03. The third kappa shape index (κ3) is 4.11. The zero-order valence-corrected chi connectivity index (χ0v) is 21.0. The van der Waals surface area contributed by atoms with Gasteiger partial charge in [-0.3, -0.25) is 4.79 Å². The van der Waals surface area contributed by atoms with Crippen molar-refractivity contribution in [2.45, 2.75) is 27.2 Å². The van der Waals surface area contributed by atoms with Gasteiger partial charge in [-0.2, -0.15) is 0 Å². The van der Waals surface area contributed by atoms with Gasteiger partial charge >= 0.3 is 17.9 Å². The Bertz CT molecular complexity index is 1620. The van der Waals surface area contributed by atoms with Gasteiger partial charge in [0.25, 0.3) is 0 Å². The molecular formula is C27H22O12. The summed E-state index contributed by atoms with van der Waals surface area (Å²) < 4.78 is 16.1. The highest BCUT2D eigenvalue weighted by molar-refractivity contribution is 6.03. The summed E-state index contributed by atoms with van der Waals surface area (Å²) in [5.41, 5.74) is -1.84. The second-order valence-corrected chi connectivity index (χ2v) is 8.79. The van der Waals surface area contributed by atoms with Crippen LogP contribution in [-0.2, 0) is 11.2 Å². The van der Waals surface area contributed by atoms with Crippen LogP contribution in [0.3, 0.4) is 0 Å². The molecule has 0 fully saturated rings. The van der Waals surface area contributed by atoms with Crippen LogP contribution in [0.4, 0.5) is 0 Å². The Balaban J connectivity index is 2.08. The number of phenolic OH excluding ortho intramolecular Hbond substituents is 3. The van der Waals surface area contributed by atoms with Crippen molar-refractivity contribution in [1.82, 2.24) is 0 Å². The number of carbonyl (C=O) groups excluding carboxylic acids is 3. The maximum atomic E-state index is 13.1. The van der Waals surface area contributed by atoms with E-state index < -0.39 is 64.2 Å². The van der Waals surface area contributed by atoms with E-state index in [-0.39, 0.29) is 56.7 Å². The highest BCUT2D eigenvalue weighted by Gasteiger charge is 2.36. The molecule has 39 heavy (non-hydrogen) atoms. The Hall–Kier alpha value is -5.26. The average Bonchev–Trinajstić information content (AvgIpc) is 3.00. The number of carbonyl (C=O) groups is 4. The van der Waals surface area contributed by atoms with Crippen molar-refractivity contribution >= 4 is 24.2 Å². The van der Waals surface area contributed by atoms with Crippen LogP contribution in [0.15, 0.2) is 12.1 Å². The zero-order valence-electron chi connectivity index (χ0n) is 21.0. The van der Waals surface area contributed by atoms with Crippen molar-refractivity contribution in [1.29, 1.82) is 0 Å². The van der Waals surface area contributed by atoms with E-state index in [1.807, 2.05) is 0 Å². The van der Waals surface area contributed by atoms with Gasteiger partial charge in [0.1, 0.15) is 39.7 Å². The Kier molecular flexibility index (Phi) is 6.57. The molecule has 0 spiro atoms. The van der Waals surface area contributed by atoms with Crippen LogP contribution in [0.25, 0.3) is 0 Å². The molecule has 3 aromatic rings. The number of aryl methyl sites for hydroxylation is 1. The van der Waals surface area contributed by atoms with Crippen LogP contribution < -0.4 is 9.47 Å². The topological polar surface area (TPSA) is 197 Å². The number of rotatable bonds is 5. The Morgan fingerprint density at radius 1 is 0.872 bits per heavy atom. The molecular weight excluding hydrogens is 516 g/mol. The molecule has 1 aliphatic rings. The van der Waals surface area contributed by atoms with Gasteiger partial charge in [-0.15, -0.1) is 0 Å². The lowest BCUT2D eigenvalue weighted by Crippen LogP contribution is -2.12. The molecule has 0 aliphatic carbocycles. The minimum atomic E-state index is -1.57. The van der Waals surface area contributed by atoms with E-state index >= 15 is 0 Å². The molecule has 4 rings (SSSR count). The van der Waals surface area contributed by atoms with E-state index in [0.29, 0.717) is 0 Å². The minimum Gasteiger partial charge on any atom is -0.508 e. The molecule has 0 aromatic heterocycles. The van der Waals surface area contributed by atoms with Crippen molar-refractivity contribution in [2.75, 3.05) is 7.11 Å². The highest BCUT2D eigenvalue weighted by Crippen LogP contribution is 2.51. The quantitative estimate of drug-likeness (QED) is 0.180. The fourth-order valence-corrected chi connectivity index (χ4v) is 4.60. The number of methoxy groups -OCH3 is 1. The Labute approximate surface area is 220 Å². The minimum absolute atomic E-state index is 0.0343. The second-order valence-electron chi connectivity index (χ2n) is 8.79. The number of ether oxygens (including phenoxy) is 3. The molecule has 0 amide bonds. The molecule has 12 nitrogen and oxygen atoms in total. The fraction of sp³-hybridized carbons (Fsp3) is 0.185. The third-order valence-electron chi connectivity index (χ3n) is 6.56. The first kappa shape index (κ1) is 26.8. The number of aldehydes is 1. The van der Waals surface area contributed by atoms with E-state index in [1.54, 1.807) is 0 Å². The first-order valence-electron chi connectivity index (χ1n) is 11.3. The predicted octanol–water partition coefficient (Wildman–Crippen LogP) is 3.65. The number of aromatic carboxylic acids is 1. The van der Waals surface area contributed by atoms with Crippen molar-refractivity contribution in [3.05, 3.63) is 62.2 Å². The maximum Gasteiger partial charge on any atom is 0.347 e. The number of esters is 2. The van der Waals surface area contributed by atoms with Crippen molar-refractivity contribution in [3.8, 4) is 40.2 Å². The summed E-state index contributed by atoms with van der Waals surface area (Å²) in [6.45, 7) is 4.10. The van der Waals surface area contributed by atoms with Gasteiger partial charge in [-0.1, -0.05) is 0 Å². The highest BCUT2D eigenvalue weighted by atomic mass is 16.6. The second kappa shape index (κ2) is 9.56. The van der Waals surface area contributed by atoms with E-state index in [1.165, 1.54) is 20.8 Å². The number of carboxylic acids is 1. The predicted molar refractivity (Wildman–Crippen MR) is 132 cm³/mol. The van der Waals surface area contributed by atoms with Gasteiger partial charge in [0.15, 0.2) is 23.5 Å². The Morgan fingerprint density at radius 3 is 2.13 bits per heavy atom. The molecule has 0 radical (unpaired) electrons. The largest absolute Gasteiger partial charge is 0.508 e. The smallest absolute Gasteiger partial charge is 0.347 e. The van der Waals surface area contributed by atoms with Gasteiger partial charge in [0.05, 0.1) is 12.7 Å². The standard InChI is InChI=1S/C27H22O12/c1-9-5-15(29)14(8-28)23-18(9)27(36)39-22-11(3)20(25(33)34)21(32)13(24(22)38-23)6-12-10(2)19(26(35)37-4)17(31)7-16(12)30/h5,7-8,29-32H,6H2,1-4H3,(H,33,34). The SMILES string of the molecule is COC(=O)c1c(O)cc(O)c(Cc2c(O)c(C(=O)O)c(C)c3c2Oc2c(C=O)c(O)cc(C)c2C(=O)O3)c1C. The first-order valence-corrected chi connectivity index (χ1v) is 11.3. The molecule has 12 heteroatoms. The van der Waals surface area contributed by atoms with Crippen LogP contribution >= 0.6 is 0 Å². The van der Waals surface area contributed by atoms with E-state index in [4.69, 9.17) is 14.2 Å². The van der Waals surface area contributed by atoms with Gasteiger partial charge < -0.3 is 39.7 Å². The molecule has 1 heterocycles. The molecule has 3 aromatic carbocycles. The van der Waals surface area contributed by atoms with E-state index in [0.717, 1.165) is 19.2 Å². The number of hydrogen-bond donors (Lipinski definition) is 5. The molecule has 0 saturated carbocycles. The summed E-state index contributed by atoms with van der Waals surface area (Å²) >= 11 is 0. The summed E-state index contributed by atoms with van der Waals surface area (Å²) in [5.74, 6) is -7.08. The fourth-order valence-electron chi connectivity index (χ4n) is 4.60. The van der Waals surface area contributed by atoms with Crippen molar-refractivity contribution < 1.29 is 58.9 Å². The number of fused-ring (bicyclic) bond motifs is 2. The summed E-state index contributed by atoms with van der Waals surface area (Å²) in [4.78, 5) is 49.3. The van der Waals surface area contributed by atoms with Gasteiger partial charge in [0, 0.05) is 29.2 Å². The lowest BCUT2D eigenvalue weighted by Gasteiger charge is -2.20. The van der Waals surface area contributed by atoms with Gasteiger partial charge in [-0.25, -0.2) is 14.4 Å². The van der Waals surface area contributed by atoms with Crippen LogP contribution in [0.5, 0.6) is 40.2 Å². The molecule has 5 N–H and O–H groups in total. The zero-order chi connectivity index (χ0) is 28.9. The van der Waals surface area contributed by atoms with Crippen molar-refractivity contribution in [3.63, 3.8) is 0 Å². The van der Waals surface area contributed by atoms with Gasteiger partial charge in [-0.05, 0) is 38.0 Å². The number of benzene rings is 3. The summed E-state index contributed by atoms with van der Waals surface area (Å²) in [5, 5.41) is 52.1. The van der Waals surface area contributed by atoms with E-state index in [9.17, 15) is 44.7 Å². The first-order chi connectivity index (χ1) is 18.3. The van der Waals surface area contributed by atoms with Crippen LogP contribution in [0, 0.1) is 20.8 Å². The third-order valence-corrected chi connectivity index (χ3v) is 6.56. The monoisotopic (exact) mass is 538 g/mol. The molecule has 0 unspecified atom stereocenters.